The van der Waals surface area contributed by atoms with Crippen molar-refractivity contribution in [3.05, 3.63) is 59.4 Å². The van der Waals surface area contributed by atoms with Crippen LogP contribution in [0.2, 0.25) is 5.02 Å². The molecule has 0 aliphatic carbocycles. The van der Waals surface area contributed by atoms with E-state index in [1.165, 1.54) is 18.2 Å². The SMILES string of the molecule is CC1CN(CC=C(F)C(=O)Nc2cc3c(Nc4ccc(F)c(Cl)c4)ncnc3cc2OCC(F)(F)F)CC1OCCO. The highest BCUT2D eigenvalue weighted by Crippen LogP contribution is 2.35. The molecule has 1 saturated heterocycles. The van der Waals surface area contributed by atoms with Gasteiger partial charge >= 0.3 is 6.18 Å². The molecule has 2 unspecified atom stereocenters. The van der Waals surface area contributed by atoms with E-state index in [9.17, 15) is 26.7 Å². The third-order valence-corrected chi connectivity index (χ3v) is 6.64. The summed E-state index contributed by atoms with van der Waals surface area (Å²) in [4.78, 5) is 22.8. The van der Waals surface area contributed by atoms with Crippen molar-refractivity contribution >= 4 is 45.6 Å². The summed E-state index contributed by atoms with van der Waals surface area (Å²) in [5.41, 5.74) is 0.231. The normalized spacial score (nSPS) is 18.0. The quantitative estimate of drug-likeness (QED) is 0.199. The van der Waals surface area contributed by atoms with Crippen molar-refractivity contribution < 1.29 is 41.3 Å². The Balaban J connectivity index is 1.57. The van der Waals surface area contributed by atoms with Crippen molar-refractivity contribution in [3.63, 3.8) is 0 Å². The zero-order valence-corrected chi connectivity index (χ0v) is 23.0. The summed E-state index contributed by atoms with van der Waals surface area (Å²) in [5.74, 6) is -3.12. The van der Waals surface area contributed by atoms with E-state index in [0.29, 0.717) is 18.8 Å². The number of halogens is 6. The number of anilines is 3. The average molecular weight is 616 g/mol. The summed E-state index contributed by atoms with van der Waals surface area (Å²) < 4.78 is 77.7. The monoisotopic (exact) mass is 615 g/mol. The number of hydrogen-bond acceptors (Lipinski definition) is 8. The molecule has 2 heterocycles. The molecule has 3 aromatic rings. The number of alkyl halides is 3. The predicted octanol–water partition coefficient (Wildman–Crippen LogP) is 5.23. The molecule has 1 fully saturated rings. The summed E-state index contributed by atoms with van der Waals surface area (Å²) in [6, 6.07) is 6.21. The summed E-state index contributed by atoms with van der Waals surface area (Å²) in [6.07, 6.45) is -2.64. The van der Waals surface area contributed by atoms with Crippen molar-refractivity contribution in [3.8, 4) is 5.75 Å². The molecule has 1 aliphatic heterocycles. The minimum atomic E-state index is -4.69. The Kier molecular flexibility index (Phi) is 10.1. The lowest BCUT2D eigenvalue weighted by Gasteiger charge is -2.16. The molecule has 9 nitrogen and oxygen atoms in total. The smallest absolute Gasteiger partial charge is 0.422 e. The van der Waals surface area contributed by atoms with Crippen molar-refractivity contribution in [1.82, 2.24) is 14.9 Å². The first-order valence-electron chi connectivity index (χ1n) is 12.8. The van der Waals surface area contributed by atoms with Crippen molar-refractivity contribution in [2.24, 2.45) is 5.92 Å². The number of aliphatic hydroxyl groups excluding tert-OH is 1. The Hall–Kier alpha value is -3.59. The van der Waals surface area contributed by atoms with E-state index in [4.69, 9.17) is 26.2 Å². The summed E-state index contributed by atoms with van der Waals surface area (Å²) >= 11 is 5.84. The Labute approximate surface area is 242 Å². The molecule has 2 atom stereocenters. The largest absolute Gasteiger partial charge is 0.482 e. The van der Waals surface area contributed by atoms with Crippen LogP contribution in [0.4, 0.5) is 39.1 Å². The molecule has 42 heavy (non-hydrogen) atoms. The van der Waals surface area contributed by atoms with Gasteiger partial charge in [0.1, 0.15) is 23.7 Å². The number of hydrogen-bond donors (Lipinski definition) is 3. The van der Waals surface area contributed by atoms with Crippen LogP contribution in [0.25, 0.3) is 10.9 Å². The first kappa shape index (κ1) is 31.3. The zero-order chi connectivity index (χ0) is 30.4. The topological polar surface area (TPSA) is 109 Å². The van der Waals surface area contributed by atoms with E-state index in [1.807, 2.05) is 11.8 Å². The van der Waals surface area contributed by atoms with Crippen LogP contribution in [-0.4, -0.2) is 77.6 Å². The number of benzene rings is 2. The van der Waals surface area contributed by atoms with Gasteiger partial charge in [0, 0.05) is 36.8 Å². The molecule has 0 radical (unpaired) electrons. The number of aliphatic hydroxyl groups is 1. The third-order valence-electron chi connectivity index (χ3n) is 6.35. The highest BCUT2D eigenvalue weighted by Gasteiger charge is 2.31. The van der Waals surface area contributed by atoms with Crippen LogP contribution < -0.4 is 15.4 Å². The summed E-state index contributed by atoms with van der Waals surface area (Å²) in [5, 5.41) is 14.2. The molecule has 226 valence electrons. The molecule has 15 heteroatoms. The fourth-order valence-electron chi connectivity index (χ4n) is 4.36. The van der Waals surface area contributed by atoms with Gasteiger partial charge in [0.25, 0.3) is 5.91 Å². The van der Waals surface area contributed by atoms with Gasteiger partial charge in [0.2, 0.25) is 0 Å². The number of carbonyl (C=O) groups excluding carboxylic acids is 1. The lowest BCUT2D eigenvalue weighted by Crippen LogP contribution is -2.25. The third kappa shape index (κ3) is 8.25. The number of fused-ring (bicyclic) bond motifs is 1. The van der Waals surface area contributed by atoms with Crippen LogP contribution in [0, 0.1) is 11.7 Å². The second kappa shape index (κ2) is 13.6. The predicted molar refractivity (Wildman–Crippen MR) is 146 cm³/mol. The lowest BCUT2D eigenvalue weighted by atomic mass is 10.1. The van der Waals surface area contributed by atoms with Gasteiger partial charge in [-0.1, -0.05) is 18.5 Å². The van der Waals surface area contributed by atoms with Crippen molar-refractivity contribution in [1.29, 1.82) is 0 Å². The Bertz CT molecular complexity index is 1460. The number of ether oxygens (including phenoxy) is 2. The van der Waals surface area contributed by atoms with Crippen LogP contribution in [-0.2, 0) is 9.53 Å². The van der Waals surface area contributed by atoms with Crippen molar-refractivity contribution in [2.45, 2.75) is 19.2 Å². The van der Waals surface area contributed by atoms with Crippen molar-refractivity contribution in [2.75, 3.05) is 50.1 Å². The molecule has 0 saturated carbocycles. The molecule has 1 amide bonds. The van der Waals surface area contributed by atoms with E-state index in [0.717, 1.165) is 24.5 Å². The van der Waals surface area contributed by atoms with Gasteiger partial charge in [0.05, 0.1) is 35.5 Å². The minimum Gasteiger partial charge on any atom is -0.482 e. The maximum atomic E-state index is 14.8. The molecule has 1 aromatic heterocycles. The Morgan fingerprint density at radius 2 is 2.02 bits per heavy atom. The highest BCUT2D eigenvalue weighted by molar-refractivity contribution is 6.31. The first-order chi connectivity index (χ1) is 19.9. The van der Waals surface area contributed by atoms with Crippen LogP contribution in [0.3, 0.4) is 0 Å². The molecular formula is C27H27ClF5N5O4. The maximum absolute atomic E-state index is 14.8. The van der Waals surface area contributed by atoms with Crippen LogP contribution in [0.15, 0.2) is 48.6 Å². The van der Waals surface area contributed by atoms with Gasteiger partial charge in [-0.3, -0.25) is 9.69 Å². The Morgan fingerprint density at radius 3 is 2.74 bits per heavy atom. The number of carbonyl (C=O) groups is 1. The van der Waals surface area contributed by atoms with Gasteiger partial charge in [-0.15, -0.1) is 0 Å². The zero-order valence-electron chi connectivity index (χ0n) is 22.2. The lowest BCUT2D eigenvalue weighted by molar-refractivity contribution is -0.153. The van der Waals surface area contributed by atoms with Crippen LogP contribution in [0.1, 0.15) is 6.92 Å². The number of rotatable bonds is 11. The van der Waals surface area contributed by atoms with E-state index in [-0.39, 0.29) is 59.2 Å². The second-order valence-electron chi connectivity index (χ2n) is 9.58. The van der Waals surface area contributed by atoms with Gasteiger partial charge in [-0.25, -0.2) is 18.7 Å². The minimum absolute atomic E-state index is 0.0832. The summed E-state index contributed by atoms with van der Waals surface area (Å²) in [6.45, 7) is 1.48. The average Bonchev–Trinajstić information content (AvgIpc) is 3.30. The van der Waals surface area contributed by atoms with E-state index in [2.05, 4.69) is 20.6 Å². The van der Waals surface area contributed by atoms with E-state index in [1.54, 1.807) is 0 Å². The number of nitrogens with one attached hydrogen (secondary N) is 2. The van der Waals surface area contributed by atoms with Gasteiger partial charge in [-0.05, 0) is 36.3 Å². The number of amides is 1. The van der Waals surface area contributed by atoms with E-state index < -0.39 is 36.1 Å². The van der Waals surface area contributed by atoms with Gasteiger partial charge < -0.3 is 25.2 Å². The fourth-order valence-corrected chi connectivity index (χ4v) is 4.54. The maximum Gasteiger partial charge on any atom is 0.422 e. The molecule has 1 aliphatic rings. The second-order valence-corrected chi connectivity index (χ2v) is 9.99. The molecule has 3 N–H and O–H groups in total. The van der Waals surface area contributed by atoms with Gasteiger partial charge in [0.15, 0.2) is 12.4 Å². The molecule has 0 bridgehead atoms. The van der Waals surface area contributed by atoms with Crippen LogP contribution in [0.5, 0.6) is 5.75 Å². The number of likely N-dealkylation sites (tertiary alicyclic amines) is 1. The highest BCUT2D eigenvalue weighted by atomic mass is 35.5. The van der Waals surface area contributed by atoms with E-state index >= 15 is 0 Å². The molecule has 2 aromatic carbocycles. The fraction of sp³-hybridized carbons (Fsp3) is 0.370. The first-order valence-corrected chi connectivity index (χ1v) is 13.1. The number of aromatic nitrogens is 2. The molecule has 4 rings (SSSR count). The summed E-state index contributed by atoms with van der Waals surface area (Å²) in [7, 11) is 0. The standard InChI is InChI=1S/C27H27ClF5N5O4/c1-15-11-38(12-24(15)41-7-6-39)5-4-20(30)26(40)37-22-9-17-21(10-23(22)42-13-27(31,32)33)34-14-35-25(17)36-16-2-3-19(29)18(28)8-16/h2-4,8-10,14-15,24,39H,5-7,11-13H2,1H3,(H,37,40)(H,34,35,36). The molecular weight excluding hydrogens is 589 g/mol. The van der Waals surface area contributed by atoms with Gasteiger partial charge in [-0.2, -0.15) is 13.2 Å². The van der Waals surface area contributed by atoms with Crippen LogP contribution >= 0.6 is 11.6 Å². The molecule has 0 spiro atoms. The number of nitrogens with zero attached hydrogens (tertiary/aromatic N) is 3. The Morgan fingerprint density at radius 1 is 1.24 bits per heavy atom.